The number of unbranched alkanes of at least 4 members (excludes halogenated alkanes) is 25. The van der Waals surface area contributed by atoms with Gasteiger partial charge < -0.3 is 14.2 Å². The molecule has 0 aliphatic heterocycles. The molecule has 1 unspecified atom stereocenters. The predicted molar refractivity (Wildman–Crippen MR) is 224 cm³/mol. The molecule has 0 spiro atoms. The van der Waals surface area contributed by atoms with Crippen LogP contribution < -0.4 is 0 Å². The van der Waals surface area contributed by atoms with Crippen LogP contribution in [0.5, 0.6) is 0 Å². The van der Waals surface area contributed by atoms with E-state index in [1.54, 1.807) is 0 Å². The lowest BCUT2D eigenvalue weighted by molar-refractivity contribution is -0.167. The van der Waals surface area contributed by atoms with Crippen molar-refractivity contribution in [2.45, 2.75) is 259 Å². The molecule has 0 aromatic carbocycles. The minimum atomic E-state index is -0.759. The summed E-state index contributed by atoms with van der Waals surface area (Å²) >= 11 is 0. The summed E-state index contributed by atoms with van der Waals surface area (Å²) < 4.78 is 16.6. The molecular formula is C47H90O6. The zero-order valence-corrected chi connectivity index (χ0v) is 36.1. The monoisotopic (exact) mass is 751 g/mol. The van der Waals surface area contributed by atoms with E-state index in [-0.39, 0.29) is 31.1 Å². The first-order valence-electron chi connectivity index (χ1n) is 23.3. The van der Waals surface area contributed by atoms with E-state index in [4.69, 9.17) is 14.2 Å². The Morgan fingerprint density at radius 1 is 0.396 bits per heavy atom. The Morgan fingerprint density at radius 2 is 0.717 bits per heavy atom. The Balaban J connectivity index is 4.16. The van der Waals surface area contributed by atoms with Crippen LogP contribution in [0.25, 0.3) is 0 Å². The Morgan fingerprint density at radius 3 is 1.08 bits per heavy atom. The average Bonchev–Trinajstić information content (AvgIpc) is 3.14. The van der Waals surface area contributed by atoms with E-state index in [0.29, 0.717) is 19.3 Å². The van der Waals surface area contributed by atoms with Gasteiger partial charge in [-0.3, -0.25) is 14.4 Å². The fourth-order valence-electron chi connectivity index (χ4n) is 6.90. The van der Waals surface area contributed by atoms with E-state index in [2.05, 4.69) is 34.6 Å². The first kappa shape index (κ1) is 51.4. The zero-order valence-electron chi connectivity index (χ0n) is 36.1. The second-order valence-corrected chi connectivity index (χ2v) is 16.8. The van der Waals surface area contributed by atoms with E-state index >= 15 is 0 Å². The van der Waals surface area contributed by atoms with E-state index in [1.807, 2.05) is 0 Å². The average molecular weight is 751 g/mol. The van der Waals surface area contributed by atoms with Gasteiger partial charge in [0.15, 0.2) is 6.10 Å². The van der Waals surface area contributed by atoms with Crippen molar-refractivity contribution >= 4 is 17.9 Å². The smallest absolute Gasteiger partial charge is 0.306 e. The zero-order chi connectivity index (χ0) is 39.0. The number of carbonyl (C=O) groups excluding carboxylic acids is 3. The van der Waals surface area contributed by atoms with Gasteiger partial charge in [0.2, 0.25) is 0 Å². The molecule has 314 valence electrons. The topological polar surface area (TPSA) is 78.9 Å². The number of esters is 3. The van der Waals surface area contributed by atoms with Gasteiger partial charge in [-0.05, 0) is 31.1 Å². The molecule has 0 saturated carbocycles. The summed E-state index contributed by atoms with van der Waals surface area (Å²) in [6, 6.07) is 0. The molecule has 0 aromatic rings. The maximum atomic E-state index is 12.7. The summed E-state index contributed by atoms with van der Waals surface area (Å²) in [6.45, 7) is 11.3. The molecule has 0 fully saturated rings. The molecule has 0 N–H and O–H groups in total. The predicted octanol–water partition coefficient (Wildman–Crippen LogP) is 14.6. The Hall–Kier alpha value is -1.59. The van der Waals surface area contributed by atoms with Crippen molar-refractivity contribution in [1.82, 2.24) is 0 Å². The van der Waals surface area contributed by atoms with Gasteiger partial charge in [0.1, 0.15) is 13.2 Å². The summed E-state index contributed by atoms with van der Waals surface area (Å²) in [5, 5.41) is 0. The molecule has 0 bridgehead atoms. The normalized spacial score (nSPS) is 12.6. The minimum Gasteiger partial charge on any atom is -0.462 e. The maximum absolute atomic E-state index is 12.7. The van der Waals surface area contributed by atoms with Crippen LogP contribution in [0.15, 0.2) is 0 Å². The van der Waals surface area contributed by atoms with Gasteiger partial charge in [-0.2, -0.15) is 0 Å². The van der Waals surface area contributed by atoms with Gasteiger partial charge >= 0.3 is 17.9 Å². The standard InChI is InChI=1S/C47H90O6/c1-6-8-9-25-32-37-45(48)51-40-44(41-52-46(49)38-33-28-23-20-19-22-27-31-36-43(5)7-2)53-47(50)39-34-29-24-18-16-14-12-10-11-13-15-17-21-26-30-35-42(3)4/h42-44H,6-41H2,1-5H3/t43?,44-/m0/s1. The molecule has 0 saturated heterocycles. The molecule has 0 radical (unpaired) electrons. The fourth-order valence-corrected chi connectivity index (χ4v) is 6.90. The molecule has 0 amide bonds. The lowest BCUT2D eigenvalue weighted by Gasteiger charge is -2.18. The molecule has 6 heteroatoms. The molecular weight excluding hydrogens is 661 g/mol. The summed E-state index contributed by atoms with van der Waals surface area (Å²) in [6.07, 6.45) is 38.3. The van der Waals surface area contributed by atoms with Gasteiger partial charge in [-0.15, -0.1) is 0 Å². The minimum absolute atomic E-state index is 0.0660. The molecule has 53 heavy (non-hydrogen) atoms. The van der Waals surface area contributed by atoms with E-state index < -0.39 is 6.10 Å². The number of ether oxygens (including phenoxy) is 3. The van der Waals surface area contributed by atoms with Crippen LogP contribution in [0.1, 0.15) is 253 Å². The third-order valence-corrected chi connectivity index (χ3v) is 10.8. The number of hydrogen-bond acceptors (Lipinski definition) is 6. The largest absolute Gasteiger partial charge is 0.462 e. The highest BCUT2D eigenvalue weighted by atomic mass is 16.6. The second kappa shape index (κ2) is 40.1. The Kier molecular flexibility index (Phi) is 38.9. The molecule has 0 rings (SSSR count). The molecule has 0 aliphatic rings. The molecule has 0 aliphatic carbocycles. The summed E-state index contributed by atoms with van der Waals surface area (Å²) in [7, 11) is 0. The highest BCUT2D eigenvalue weighted by molar-refractivity contribution is 5.71. The van der Waals surface area contributed by atoms with Gasteiger partial charge in [0.05, 0.1) is 0 Å². The number of rotatable bonds is 41. The van der Waals surface area contributed by atoms with E-state index in [1.165, 1.54) is 135 Å². The van der Waals surface area contributed by atoms with Crippen LogP contribution in [-0.4, -0.2) is 37.2 Å². The van der Waals surface area contributed by atoms with Crippen molar-refractivity contribution in [3.05, 3.63) is 0 Å². The lowest BCUT2D eigenvalue weighted by atomic mass is 9.99. The Labute approximate surface area is 329 Å². The van der Waals surface area contributed by atoms with E-state index in [0.717, 1.165) is 76.0 Å². The maximum Gasteiger partial charge on any atom is 0.306 e. The lowest BCUT2D eigenvalue weighted by Crippen LogP contribution is -2.30. The van der Waals surface area contributed by atoms with Crippen LogP contribution >= 0.6 is 0 Å². The fraction of sp³-hybridized carbons (Fsp3) is 0.936. The van der Waals surface area contributed by atoms with Gasteiger partial charge in [0, 0.05) is 19.3 Å². The van der Waals surface area contributed by atoms with Crippen LogP contribution in [0.4, 0.5) is 0 Å². The van der Waals surface area contributed by atoms with Crippen LogP contribution in [0.2, 0.25) is 0 Å². The SMILES string of the molecule is CCCCCCCC(=O)OC[C@@H](COC(=O)CCCCCCCCCCC(C)CC)OC(=O)CCCCCCCCCCCCCCCCCC(C)C. The van der Waals surface area contributed by atoms with E-state index in [9.17, 15) is 14.4 Å². The quantitative estimate of drug-likeness (QED) is 0.0352. The van der Waals surface area contributed by atoms with Crippen LogP contribution in [0, 0.1) is 11.8 Å². The van der Waals surface area contributed by atoms with Crippen molar-refractivity contribution in [3.63, 3.8) is 0 Å². The molecule has 6 nitrogen and oxygen atoms in total. The van der Waals surface area contributed by atoms with Crippen molar-refractivity contribution < 1.29 is 28.6 Å². The van der Waals surface area contributed by atoms with Crippen LogP contribution in [-0.2, 0) is 28.6 Å². The van der Waals surface area contributed by atoms with Gasteiger partial charge in [0.25, 0.3) is 0 Å². The number of hydrogen-bond donors (Lipinski definition) is 0. The highest BCUT2D eigenvalue weighted by Crippen LogP contribution is 2.17. The van der Waals surface area contributed by atoms with Crippen molar-refractivity contribution in [1.29, 1.82) is 0 Å². The highest BCUT2D eigenvalue weighted by Gasteiger charge is 2.19. The number of carbonyl (C=O) groups is 3. The first-order valence-corrected chi connectivity index (χ1v) is 23.3. The van der Waals surface area contributed by atoms with Crippen molar-refractivity contribution in [3.8, 4) is 0 Å². The second-order valence-electron chi connectivity index (χ2n) is 16.8. The third kappa shape index (κ3) is 39.9. The first-order chi connectivity index (χ1) is 25.8. The van der Waals surface area contributed by atoms with Gasteiger partial charge in [-0.1, -0.05) is 214 Å². The third-order valence-electron chi connectivity index (χ3n) is 10.8. The Bertz CT molecular complexity index is 811. The molecule has 2 atom stereocenters. The summed E-state index contributed by atoms with van der Waals surface area (Å²) in [4.78, 5) is 37.5. The summed E-state index contributed by atoms with van der Waals surface area (Å²) in [5.41, 5.74) is 0. The molecule has 0 heterocycles. The summed E-state index contributed by atoms with van der Waals surface area (Å²) in [5.74, 6) is 0.825. The van der Waals surface area contributed by atoms with Gasteiger partial charge in [-0.25, -0.2) is 0 Å². The van der Waals surface area contributed by atoms with Crippen molar-refractivity contribution in [2.24, 2.45) is 11.8 Å². The van der Waals surface area contributed by atoms with Crippen molar-refractivity contribution in [2.75, 3.05) is 13.2 Å². The molecule has 0 aromatic heterocycles. The van der Waals surface area contributed by atoms with Crippen LogP contribution in [0.3, 0.4) is 0 Å².